The number of hydrogen-bond acceptors (Lipinski definition) is 5. The van der Waals surface area contributed by atoms with Crippen LogP contribution in [-0.2, 0) is 15.4 Å². The Balaban J connectivity index is 1.66. The zero-order chi connectivity index (χ0) is 24.7. The molecule has 0 radical (unpaired) electrons. The van der Waals surface area contributed by atoms with E-state index in [0.29, 0.717) is 11.4 Å². The monoisotopic (exact) mass is 496 g/mol. The Morgan fingerprint density at radius 3 is 2.38 bits per heavy atom. The second-order valence-corrected chi connectivity index (χ2v) is 10.6. The largest absolute Gasteiger partial charge is 0.497 e. The van der Waals surface area contributed by atoms with Gasteiger partial charge in [-0.05, 0) is 54.1 Å². The third-order valence-electron chi connectivity index (χ3n) is 6.06. The molecule has 0 bridgehead atoms. The maximum absolute atomic E-state index is 13.2. The molecule has 0 spiro atoms. The Hall–Kier alpha value is -3.29. The minimum absolute atomic E-state index is 0.0240. The van der Waals surface area contributed by atoms with Crippen LogP contribution < -0.4 is 14.4 Å². The molecule has 176 valence electrons. The van der Waals surface area contributed by atoms with Crippen molar-refractivity contribution in [2.45, 2.75) is 24.2 Å². The van der Waals surface area contributed by atoms with Gasteiger partial charge in [-0.2, -0.15) is 0 Å². The summed E-state index contributed by atoms with van der Waals surface area (Å²) in [4.78, 5) is 15.1. The number of benzene rings is 3. The third-order valence-corrected chi connectivity index (χ3v) is 7.92. The average molecular weight is 497 g/mol. The van der Waals surface area contributed by atoms with Gasteiger partial charge in [0, 0.05) is 41.2 Å². The van der Waals surface area contributed by atoms with Gasteiger partial charge in [0.25, 0.3) is 10.0 Å². The highest BCUT2D eigenvalue weighted by molar-refractivity contribution is 7.92. The van der Waals surface area contributed by atoms with Crippen molar-refractivity contribution >= 4 is 38.8 Å². The molecule has 1 aliphatic heterocycles. The highest BCUT2D eigenvalue weighted by Gasteiger charge is 2.38. The van der Waals surface area contributed by atoms with Crippen molar-refractivity contribution in [1.82, 2.24) is 0 Å². The summed E-state index contributed by atoms with van der Waals surface area (Å²) in [5.74, 6) is 0.295. The minimum atomic E-state index is -4.03. The van der Waals surface area contributed by atoms with Crippen molar-refractivity contribution in [2.75, 3.05) is 23.8 Å². The smallest absolute Gasteiger partial charge is 0.263 e. The first kappa shape index (κ1) is 23.9. The first-order valence-electron chi connectivity index (χ1n) is 10.6. The third kappa shape index (κ3) is 4.29. The predicted octanol–water partition coefficient (Wildman–Crippen LogP) is 5.64. The number of nitrogens with zero attached hydrogens (tertiary/aromatic N) is 1. The molecular weight excluding hydrogens is 472 g/mol. The lowest BCUT2D eigenvalue weighted by Gasteiger charge is -2.24. The van der Waals surface area contributed by atoms with Gasteiger partial charge in [0.2, 0.25) is 0 Å². The lowest BCUT2D eigenvalue weighted by molar-refractivity contribution is 0.104. The van der Waals surface area contributed by atoms with Crippen molar-refractivity contribution < 1.29 is 17.9 Å². The fourth-order valence-electron chi connectivity index (χ4n) is 4.20. The normalized spacial score (nSPS) is 15.8. The zero-order valence-corrected chi connectivity index (χ0v) is 20.9. The van der Waals surface area contributed by atoms with Crippen LogP contribution in [0, 0.1) is 0 Å². The van der Waals surface area contributed by atoms with Crippen LogP contribution >= 0.6 is 11.6 Å². The van der Waals surface area contributed by atoms with Gasteiger partial charge in [0.05, 0.1) is 12.1 Å². The minimum Gasteiger partial charge on any atom is -0.497 e. The predicted molar refractivity (Wildman–Crippen MR) is 136 cm³/mol. The van der Waals surface area contributed by atoms with Gasteiger partial charge in [0.1, 0.15) is 10.6 Å². The Morgan fingerprint density at radius 2 is 1.74 bits per heavy atom. The van der Waals surface area contributed by atoms with E-state index in [1.54, 1.807) is 30.3 Å². The molecule has 6 nitrogen and oxygen atoms in total. The van der Waals surface area contributed by atoms with E-state index in [-0.39, 0.29) is 26.7 Å². The number of hydrogen-bond donors (Lipinski definition) is 1. The highest BCUT2D eigenvalue weighted by atomic mass is 35.5. The molecular formula is C26H25ClN2O4S. The second kappa shape index (κ2) is 8.81. The summed E-state index contributed by atoms with van der Waals surface area (Å²) in [6.45, 7) is 4.12. The zero-order valence-electron chi connectivity index (χ0n) is 19.3. The maximum atomic E-state index is 13.2. The lowest BCUT2D eigenvalue weighted by Crippen LogP contribution is -2.24. The fraction of sp³-hybridized carbons (Fsp3) is 0.192. The van der Waals surface area contributed by atoms with E-state index in [9.17, 15) is 13.2 Å². The molecule has 8 heteroatoms. The molecule has 0 aromatic heterocycles. The topological polar surface area (TPSA) is 75.7 Å². The van der Waals surface area contributed by atoms with Crippen molar-refractivity contribution in [3.05, 3.63) is 94.7 Å². The number of halogens is 1. The summed E-state index contributed by atoms with van der Waals surface area (Å²) in [6, 6.07) is 18.7. The number of likely N-dealkylation sites (N-methyl/N-ethyl adjacent to an activating group) is 1. The number of para-hydroxylation sites is 1. The van der Waals surface area contributed by atoms with E-state index < -0.39 is 10.0 Å². The SMILES string of the molecule is COc1ccc(NS(=O)(=O)c2cc(C(=O)/C=C3/N(C)c4ccccc4C3(C)C)ccc2Cl)cc1. The molecule has 34 heavy (non-hydrogen) atoms. The van der Waals surface area contributed by atoms with Crippen LogP contribution in [0.4, 0.5) is 11.4 Å². The van der Waals surface area contributed by atoms with Crippen molar-refractivity contribution in [3.8, 4) is 5.75 Å². The van der Waals surface area contributed by atoms with Gasteiger partial charge >= 0.3 is 0 Å². The quantitative estimate of drug-likeness (QED) is 0.353. The number of carbonyl (C=O) groups excluding carboxylic acids is 1. The van der Waals surface area contributed by atoms with E-state index in [2.05, 4.69) is 24.6 Å². The van der Waals surface area contributed by atoms with Crippen LogP contribution in [0.3, 0.4) is 0 Å². The van der Waals surface area contributed by atoms with E-state index in [1.165, 1.54) is 25.3 Å². The maximum Gasteiger partial charge on any atom is 0.263 e. The van der Waals surface area contributed by atoms with E-state index in [4.69, 9.17) is 16.3 Å². The molecule has 0 atom stereocenters. The number of ether oxygens (including phenoxy) is 1. The molecule has 0 fully saturated rings. The molecule has 0 aliphatic carbocycles. The number of methoxy groups -OCH3 is 1. The summed E-state index contributed by atoms with van der Waals surface area (Å²) < 4.78 is 33.7. The molecule has 4 rings (SSSR count). The molecule has 1 aliphatic rings. The first-order valence-corrected chi connectivity index (χ1v) is 12.5. The summed E-state index contributed by atoms with van der Waals surface area (Å²) in [5, 5.41) is 0.0240. The number of fused-ring (bicyclic) bond motifs is 1. The van der Waals surface area contributed by atoms with Crippen LogP contribution in [0.15, 0.2) is 83.4 Å². The molecule has 0 unspecified atom stereocenters. The van der Waals surface area contributed by atoms with Crippen LogP contribution in [0.1, 0.15) is 29.8 Å². The van der Waals surface area contributed by atoms with Crippen LogP contribution in [0.2, 0.25) is 5.02 Å². The van der Waals surface area contributed by atoms with Gasteiger partial charge in [0.15, 0.2) is 5.78 Å². The number of allylic oxidation sites excluding steroid dienone is 2. The highest BCUT2D eigenvalue weighted by Crippen LogP contribution is 2.46. The molecule has 3 aromatic carbocycles. The Bertz CT molecular complexity index is 1400. The molecule has 1 heterocycles. The first-order chi connectivity index (χ1) is 16.0. The molecule has 3 aromatic rings. The fourth-order valence-corrected chi connectivity index (χ4v) is 5.78. The number of nitrogens with one attached hydrogen (secondary N) is 1. The van der Waals surface area contributed by atoms with Crippen LogP contribution in [0.5, 0.6) is 5.75 Å². The molecule has 0 saturated carbocycles. The summed E-state index contributed by atoms with van der Waals surface area (Å²) in [7, 11) is -0.583. The standard InChI is InChI=1S/C26H25ClN2O4S/c1-26(2)20-7-5-6-8-22(20)29(3)25(26)16-23(30)17-9-14-21(27)24(15-17)34(31,32)28-18-10-12-19(33-4)13-11-18/h5-16,28H,1-4H3/b25-16+. The average Bonchev–Trinajstić information content (AvgIpc) is 3.00. The number of anilines is 2. The van der Waals surface area contributed by atoms with Crippen LogP contribution in [-0.4, -0.2) is 28.4 Å². The van der Waals surface area contributed by atoms with E-state index in [0.717, 1.165) is 16.9 Å². The lowest BCUT2D eigenvalue weighted by atomic mass is 9.83. The number of ketones is 1. The van der Waals surface area contributed by atoms with Gasteiger partial charge in [-0.25, -0.2) is 8.42 Å². The van der Waals surface area contributed by atoms with Crippen molar-refractivity contribution in [3.63, 3.8) is 0 Å². The Kier molecular flexibility index (Phi) is 6.18. The number of sulfonamides is 1. The van der Waals surface area contributed by atoms with Gasteiger partial charge in [-0.3, -0.25) is 9.52 Å². The van der Waals surface area contributed by atoms with Crippen molar-refractivity contribution in [1.29, 1.82) is 0 Å². The van der Waals surface area contributed by atoms with Gasteiger partial charge in [-0.1, -0.05) is 43.6 Å². The molecule has 0 amide bonds. The van der Waals surface area contributed by atoms with Crippen LogP contribution in [0.25, 0.3) is 0 Å². The number of carbonyl (C=O) groups is 1. The Morgan fingerprint density at radius 1 is 1.06 bits per heavy atom. The summed E-state index contributed by atoms with van der Waals surface area (Å²) in [6.07, 6.45) is 1.57. The van der Waals surface area contributed by atoms with Gasteiger partial charge in [-0.15, -0.1) is 0 Å². The second-order valence-electron chi connectivity index (χ2n) is 8.57. The Labute approximate surface area is 204 Å². The van der Waals surface area contributed by atoms with E-state index >= 15 is 0 Å². The van der Waals surface area contributed by atoms with Gasteiger partial charge < -0.3 is 9.64 Å². The molecule has 0 saturated heterocycles. The van der Waals surface area contributed by atoms with E-state index in [1.807, 2.05) is 30.1 Å². The summed E-state index contributed by atoms with van der Waals surface area (Å²) in [5.41, 5.74) is 3.19. The summed E-state index contributed by atoms with van der Waals surface area (Å²) >= 11 is 6.22. The number of rotatable bonds is 6. The molecule has 1 N–H and O–H groups in total. The van der Waals surface area contributed by atoms with Crippen molar-refractivity contribution in [2.24, 2.45) is 0 Å².